The minimum absolute atomic E-state index is 0.102. The third-order valence-electron chi connectivity index (χ3n) is 3.55. The van der Waals surface area contributed by atoms with Crippen LogP contribution in [0.3, 0.4) is 0 Å². The maximum Gasteiger partial charge on any atom is 0.0806 e. The molecule has 1 aromatic heterocycles. The van der Waals surface area contributed by atoms with Gasteiger partial charge in [0.05, 0.1) is 27.6 Å². The predicted octanol–water partition coefficient (Wildman–Crippen LogP) is 3.35. The van der Waals surface area contributed by atoms with Crippen molar-refractivity contribution in [2.75, 3.05) is 18.4 Å². The summed E-state index contributed by atoms with van der Waals surface area (Å²) in [5.41, 5.74) is 2.22. The Morgan fingerprint density at radius 3 is 2.75 bits per heavy atom. The summed E-state index contributed by atoms with van der Waals surface area (Å²) in [6, 6.07) is 0. The summed E-state index contributed by atoms with van der Waals surface area (Å²) < 4.78 is 9.29. The third-order valence-corrected chi connectivity index (χ3v) is 5.30. The summed E-state index contributed by atoms with van der Waals surface area (Å²) in [4.78, 5) is 2.46. The van der Waals surface area contributed by atoms with Crippen LogP contribution >= 0.6 is 31.9 Å². The van der Waals surface area contributed by atoms with E-state index in [1.165, 1.54) is 5.69 Å². The third kappa shape index (κ3) is 3.64. The van der Waals surface area contributed by atoms with E-state index in [9.17, 15) is 0 Å². The smallest absolute Gasteiger partial charge is 0.0806 e. The van der Waals surface area contributed by atoms with Crippen molar-refractivity contribution in [3.05, 3.63) is 15.9 Å². The van der Waals surface area contributed by atoms with Gasteiger partial charge in [-0.1, -0.05) is 15.9 Å². The number of hydrogen-bond acceptors (Lipinski definition) is 3. The molecule has 1 fully saturated rings. The van der Waals surface area contributed by atoms with Gasteiger partial charge in [-0.2, -0.15) is 5.10 Å². The lowest BCUT2D eigenvalue weighted by molar-refractivity contribution is -0.128. The molecule has 0 spiro atoms. The zero-order chi connectivity index (χ0) is 14.9. The average Bonchev–Trinajstić information content (AvgIpc) is 2.64. The summed E-state index contributed by atoms with van der Waals surface area (Å²) in [6.45, 7) is 12.2. The van der Waals surface area contributed by atoms with Gasteiger partial charge in [-0.15, -0.1) is 0 Å². The molecule has 4 nitrogen and oxygen atoms in total. The molecule has 0 amide bonds. The Morgan fingerprint density at radius 2 is 2.15 bits per heavy atom. The topological polar surface area (TPSA) is 30.3 Å². The highest BCUT2D eigenvalue weighted by Gasteiger charge is 2.33. The van der Waals surface area contributed by atoms with E-state index in [0.29, 0.717) is 0 Å². The first-order valence-corrected chi connectivity index (χ1v) is 8.95. The maximum absolute atomic E-state index is 6.06. The van der Waals surface area contributed by atoms with Crippen molar-refractivity contribution < 1.29 is 4.74 Å². The first kappa shape index (κ1) is 16.5. The minimum atomic E-state index is -0.102. The van der Waals surface area contributed by atoms with Crippen molar-refractivity contribution in [2.45, 2.75) is 52.5 Å². The molecule has 1 atom stereocenters. The van der Waals surface area contributed by atoms with Crippen molar-refractivity contribution in [3.63, 3.8) is 0 Å². The van der Waals surface area contributed by atoms with Crippen LogP contribution in [0.15, 0.2) is 4.47 Å². The Kier molecular flexibility index (Phi) is 5.32. The second-order valence-corrected chi connectivity index (χ2v) is 7.43. The number of rotatable bonds is 4. The molecule has 0 N–H and O–H groups in total. The molecule has 2 heterocycles. The lowest BCUT2D eigenvalue weighted by Gasteiger charge is -2.42. The summed E-state index contributed by atoms with van der Waals surface area (Å²) in [5.74, 6) is 0. The van der Waals surface area contributed by atoms with Crippen molar-refractivity contribution in [2.24, 2.45) is 0 Å². The fourth-order valence-corrected chi connectivity index (χ4v) is 3.60. The molecule has 0 saturated carbocycles. The number of nitrogens with zero attached hydrogens (tertiary/aromatic N) is 3. The number of morpholine rings is 1. The minimum Gasteiger partial charge on any atom is -0.369 e. The number of alkyl halides is 1. The Labute approximate surface area is 138 Å². The molecule has 1 saturated heterocycles. The molecular weight excluding hydrogens is 386 g/mol. The molecule has 1 aliphatic heterocycles. The molecule has 0 radical (unpaired) electrons. The molecule has 20 heavy (non-hydrogen) atoms. The molecule has 0 aliphatic carbocycles. The van der Waals surface area contributed by atoms with E-state index < -0.39 is 0 Å². The van der Waals surface area contributed by atoms with Gasteiger partial charge in [0.25, 0.3) is 0 Å². The summed E-state index contributed by atoms with van der Waals surface area (Å²) in [5, 5.41) is 5.45. The molecule has 0 aromatic carbocycles. The largest absolute Gasteiger partial charge is 0.369 e. The van der Waals surface area contributed by atoms with Crippen LogP contribution in [-0.2, 0) is 17.8 Å². The van der Waals surface area contributed by atoms with Gasteiger partial charge in [-0.05, 0) is 43.6 Å². The van der Waals surface area contributed by atoms with Gasteiger partial charge >= 0.3 is 0 Å². The second kappa shape index (κ2) is 6.46. The van der Waals surface area contributed by atoms with Gasteiger partial charge in [0, 0.05) is 31.5 Å². The molecule has 1 aromatic rings. The number of aromatic nitrogens is 2. The van der Waals surface area contributed by atoms with Gasteiger partial charge in [0.15, 0.2) is 0 Å². The lowest BCUT2D eigenvalue weighted by atomic mass is 10.1. The predicted molar refractivity (Wildman–Crippen MR) is 88.4 cm³/mol. The van der Waals surface area contributed by atoms with Gasteiger partial charge in [0.2, 0.25) is 0 Å². The number of hydrogen-bond donors (Lipinski definition) is 0. The van der Waals surface area contributed by atoms with Crippen LogP contribution in [0, 0.1) is 6.92 Å². The van der Waals surface area contributed by atoms with Crippen LogP contribution in [-0.4, -0.2) is 44.8 Å². The highest BCUT2D eigenvalue weighted by atomic mass is 79.9. The Morgan fingerprint density at radius 1 is 1.45 bits per heavy atom. The molecule has 0 bridgehead atoms. The number of ether oxygens (including phenoxy) is 1. The Hall–Kier alpha value is 0.0900. The van der Waals surface area contributed by atoms with Crippen LogP contribution in [0.1, 0.15) is 32.2 Å². The van der Waals surface area contributed by atoms with Gasteiger partial charge in [-0.25, -0.2) is 0 Å². The van der Waals surface area contributed by atoms with Crippen molar-refractivity contribution in [1.29, 1.82) is 0 Å². The van der Waals surface area contributed by atoms with E-state index in [2.05, 4.69) is 67.3 Å². The molecule has 6 heteroatoms. The Bertz CT molecular complexity index is 473. The highest BCUT2D eigenvalue weighted by molar-refractivity contribution is 9.10. The number of aryl methyl sites for hydroxylation is 2. The zero-order valence-corrected chi connectivity index (χ0v) is 15.8. The lowest BCUT2D eigenvalue weighted by Crippen LogP contribution is -2.53. The summed E-state index contributed by atoms with van der Waals surface area (Å²) >= 11 is 7.22. The van der Waals surface area contributed by atoms with E-state index in [1.54, 1.807) is 0 Å². The van der Waals surface area contributed by atoms with Crippen LogP contribution in [0.4, 0.5) is 0 Å². The molecule has 114 valence electrons. The number of halogens is 2. The quantitative estimate of drug-likeness (QED) is 0.715. The fourth-order valence-electron chi connectivity index (χ4n) is 2.85. The van der Waals surface area contributed by atoms with E-state index in [0.717, 1.165) is 41.7 Å². The van der Waals surface area contributed by atoms with Crippen molar-refractivity contribution in [3.8, 4) is 0 Å². The van der Waals surface area contributed by atoms with Gasteiger partial charge < -0.3 is 4.74 Å². The standard InChI is InChI=1S/C14H23Br2N3O/c1-5-19-12(13(16)10(2)17-19)8-18-7-11(6-15)20-14(3,4)9-18/h11H,5-9H2,1-4H3. The van der Waals surface area contributed by atoms with Crippen LogP contribution in [0.25, 0.3) is 0 Å². The molecular formula is C14H23Br2N3O. The summed E-state index contributed by atoms with van der Waals surface area (Å²) in [7, 11) is 0. The fraction of sp³-hybridized carbons (Fsp3) is 0.786. The van der Waals surface area contributed by atoms with Crippen molar-refractivity contribution >= 4 is 31.9 Å². The first-order valence-electron chi connectivity index (χ1n) is 7.04. The SMILES string of the molecule is CCn1nc(C)c(Br)c1CN1CC(CBr)OC(C)(C)C1. The first-order chi connectivity index (χ1) is 9.36. The zero-order valence-electron chi connectivity index (χ0n) is 12.6. The van der Waals surface area contributed by atoms with E-state index >= 15 is 0 Å². The molecule has 2 rings (SSSR count). The molecule has 1 aliphatic rings. The maximum atomic E-state index is 6.06. The average molecular weight is 409 g/mol. The van der Waals surface area contributed by atoms with Gasteiger partial charge in [0.1, 0.15) is 0 Å². The Balaban J connectivity index is 2.17. The van der Waals surface area contributed by atoms with Crippen LogP contribution in [0.5, 0.6) is 0 Å². The summed E-state index contributed by atoms with van der Waals surface area (Å²) in [6.07, 6.45) is 0.247. The van der Waals surface area contributed by atoms with Gasteiger partial charge in [-0.3, -0.25) is 9.58 Å². The second-order valence-electron chi connectivity index (χ2n) is 5.99. The van der Waals surface area contributed by atoms with E-state index in [1.807, 2.05) is 6.92 Å². The van der Waals surface area contributed by atoms with E-state index in [4.69, 9.17) is 4.74 Å². The van der Waals surface area contributed by atoms with Crippen molar-refractivity contribution in [1.82, 2.24) is 14.7 Å². The highest BCUT2D eigenvalue weighted by Crippen LogP contribution is 2.27. The van der Waals surface area contributed by atoms with E-state index in [-0.39, 0.29) is 11.7 Å². The normalized spacial score (nSPS) is 23.2. The monoisotopic (exact) mass is 407 g/mol. The molecule has 1 unspecified atom stereocenters. The van der Waals surface area contributed by atoms with Crippen LogP contribution < -0.4 is 0 Å². The van der Waals surface area contributed by atoms with Crippen LogP contribution in [0.2, 0.25) is 0 Å².